The number of nitriles is 1. The summed E-state index contributed by atoms with van der Waals surface area (Å²) < 4.78 is 65.3. The number of nitrogens with one attached hydrogen (secondary N) is 1. The van der Waals surface area contributed by atoms with Crippen LogP contribution in [0, 0.1) is 23.0 Å². The summed E-state index contributed by atoms with van der Waals surface area (Å²) in [5, 5.41) is 14.1. The van der Waals surface area contributed by atoms with E-state index >= 15 is 4.39 Å². The number of thiophene rings is 1. The summed E-state index contributed by atoms with van der Waals surface area (Å²) >= 11 is 7.73. The van der Waals surface area contributed by atoms with Gasteiger partial charge in [0.1, 0.15) is 34.8 Å². The molecule has 0 spiro atoms. The molecule has 238 valence electrons. The van der Waals surface area contributed by atoms with Crippen LogP contribution in [0.2, 0.25) is 5.02 Å². The number of hydrogen-bond donors (Lipinski definition) is 2. The van der Waals surface area contributed by atoms with Gasteiger partial charge in [0.15, 0.2) is 5.82 Å². The van der Waals surface area contributed by atoms with Crippen LogP contribution in [-0.4, -0.2) is 65.3 Å². The van der Waals surface area contributed by atoms with E-state index in [1.54, 1.807) is 6.07 Å². The third kappa shape index (κ3) is 4.60. The molecule has 0 radical (unpaired) electrons. The largest absolute Gasteiger partial charge is 0.461 e. The number of rotatable bonds is 5. The monoisotopic (exact) mass is 669 g/mol. The van der Waals surface area contributed by atoms with Crippen LogP contribution in [0.1, 0.15) is 37.7 Å². The van der Waals surface area contributed by atoms with Gasteiger partial charge in [-0.05, 0) is 56.3 Å². The highest BCUT2D eigenvalue weighted by atomic mass is 35.5. The van der Waals surface area contributed by atoms with Crippen LogP contribution in [0.5, 0.6) is 6.01 Å². The first-order valence-corrected chi connectivity index (χ1v) is 16.4. The van der Waals surface area contributed by atoms with E-state index in [9.17, 15) is 18.4 Å². The molecule has 3 N–H and O–H groups in total. The van der Waals surface area contributed by atoms with E-state index in [4.69, 9.17) is 27.1 Å². The van der Waals surface area contributed by atoms with Gasteiger partial charge < -0.3 is 20.7 Å². The maximum atomic E-state index is 16.9. The van der Waals surface area contributed by atoms with Crippen molar-refractivity contribution in [2.75, 3.05) is 43.4 Å². The molecule has 0 aliphatic carbocycles. The Morgan fingerprint density at radius 1 is 1.22 bits per heavy atom. The summed E-state index contributed by atoms with van der Waals surface area (Å²) in [4.78, 5) is 13.4. The predicted octanol–water partition coefficient (Wildman–Crippen LogP) is 6.61. The highest BCUT2D eigenvalue weighted by Gasteiger charge is 2.48. The lowest BCUT2D eigenvalue weighted by molar-refractivity contribution is 0.108. The molecule has 4 aromatic rings. The Morgan fingerprint density at radius 2 is 2.00 bits per heavy atom. The Bertz CT molecular complexity index is 2000. The van der Waals surface area contributed by atoms with Crippen LogP contribution >= 0.6 is 22.9 Å². The summed E-state index contributed by atoms with van der Waals surface area (Å²) in [6.07, 6.45) is 2.11. The van der Waals surface area contributed by atoms with Gasteiger partial charge in [-0.1, -0.05) is 17.7 Å². The molecule has 8 rings (SSSR count). The first-order chi connectivity index (χ1) is 22.2. The van der Waals surface area contributed by atoms with E-state index in [1.165, 1.54) is 12.1 Å². The molecule has 3 atom stereocenters. The molecule has 0 amide bonds. The maximum absolute atomic E-state index is 16.9. The van der Waals surface area contributed by atoms with Gasteiger partial charge in [0.05, 0.1) is 20.8 Å². The van der Waals surface area contributed by atoms with Crippen molar-refractivity contribution in [2.24, 2.45) is 0 Å². The first kappa shape index (κ1) is 29.7. The lowest BCUT2D eigenvalue weighted by Crippen LogP contribution is -2.51. The zero-order chi connectivity index (χ0) is 31.9. The molecule has 14 heteroatoms. The molecular formula is C32H28ClF4N7OS. The Morgan fingerprint density at radius 3 is 2.74 bits per heavy atom. The van der Waals surface area contributed by atoms with Crippen molar-refractivity contribution < 1.29 is 22.3 Å². The number of fused-ring (bicyclic) bond motifs is 5. The Kier molecular flexibility index (Phi) is 7.06. The van der Waals surface area contributed by atoms with Crippen LogP contribution < -0.4 is 20.7 Å². The molecule has 46 heavy (non-hydrogen) atoms. The van der Waals surface area contributed by atoms with Gasteiger partial charge in [-0.15, -0.1) is 11.3 Å². The zero-order valence-corrected chi connectivity index (χ0v) is 26.0. The standard InChI is InChI=1S/C32H28ClF4N7OS/c33-21-8-19-26(25(35)24(21)18-4-5-22(34)27-23(18)20(10-38)29(39)46-27)41-31(42-30(19)43-12-16-2-3-17(13-43)40-16)45-14-32-6-1-7-44(32)11-15(9-32)28(36)37/h4-5,8,16-17,40H,1-3,6-7,9,11-14,39H2. The molecule has 3 unspecified atom stereocenters. The quantitative estimate of drug-likeness (QED) is 0.229. The lowest BCUT2D eigenvalue weighted by atomic mass is 9.94. The van der Waals surface area contributed by atoms with E-state index in [0.717, 1.165) is 30.6 Å². The molecule has 0 saturated carbocycles. The van der Waals surface area contributed by atoms with E-state index in [0.29, 0.717) is 37.3 Å². The molecule has 2 aromatic heterocycles. The molecule has 4 fully saturated rings. The molecule has 6 heterocycles. The van der Waals surface area contributed by atoms with Crippen molar-refractivity contribution in [3.8, 4) is 23.2 Å². The van der Waals surface area contributed by atoms with Gasteiger partial charge in [0.2, 0.25) is 0 Å². The van der Waals surface area contributed by atoms with Crippen LogP contribution in [0.4, 0.5) is 28.4 Å². The minimum absolute atomic E-state index is 0.0437. The molecule has 4 saturated heterocycles. The van der Waals surface area contributed by atoms with Crippen LogP contribution in [-0.2, 0) is 0 Å². The van der Waals surface area contributed by atoms with Crippen LogP contribution in [0.25, 0.3) is 32.1 Å². The van der Waals surface area contributed by atoms with Crippen molar-refractivity contribution in [1.82, 2.24) is 20.2 Å². The van der Waals surface area contributed by atoms with Crippen molar-refractivity contribution in [2.45, 2.75) is 49.7 Å². The second kappa shape index (κ2) is 10.9. The summed E-state index contributed by atoms with van der Waals surface area (Å²) in [6, 6.07) is 6.63. The molecule has 2 aromatic carbocycles. The van der Waals surface area contributed by atoms with Gasteiger partial charge in [0, 0.05) is 53.6 Å². The van der Waals surface area contributed by atoms with Gasteiger partial charge in [-0.2, -0.15) is 24.0 Å². The molecule has 8 nitrogen and oxygen atoms in total. The first-order valence-electron chi connectivity index (χ1n) is 15.2. The topological polar surface area (TPSA) is 103 Å². The Labute approximate surface area is 270 Å². The van der Waals surface area contributed by atoms with Crippen molar-refractivity contribution in [3.63, 3.8) is 0 Å². The number of nitrogens with two attached hydrogens (primary N) is 1. The average Bonchev–Trinajstić information content (AvgIpc) is 3.77. The summed E-state index contributed by atoms with van der Waals surface area (Å²) in [5.41, 5.74) is 5.72. The Balaban J connectivity index is 1.28. The normalized spacial score (nSPS) is 24.3. The highest BCUT2D eigenvalue weighted by Crippen LogP contribution is 2.47. The number of nitrogens with zero attached hydrogens (tertiary/aromatic N) is 5. The van der Waals surface area contributed by atoms with E-state index in [-0.39, 0.29) is 85.6 Å². The number of piperazine rings is 1. The van der Waals surface area contributed by atoms with Gasteiger partial charge >= 0.3 is 6.01 Å². The lowest BCUT2D eigenvalue weighted by Gasteiger charge is -2.34. The fourth-order valence-electron chi connectivity index (χ4n) is 7.86. The fourth-order valence-corrected chi connectivity index (χ4v) is 9.10. The highest BCUT2D eigenvalue weighted by molar-refractivity contribution is 7.23. The van der Waals surface area contributed by atoms with Gasteiger partial charge in [-0.3, -0.25) is 4.90 Å². The van der Waals surface area contributed by atoms with Gasteiger partial charge in [0.25, 0.3) is 6.08 Å². The third-order valence-corrected chi connectivity index (χ3v) is 11.3. The summed E-state index contributed by atoms with van der Waals surface area (Å²) in [6.45, 7) is 2.24. The van der Waals surface area contributed by atoms with E-state index in [2.05, 4.69) is 15.2 Å². The number of aromatic nitrogens is 2. The minimum atomic E-state index is -1.65. The van der Waals surface area contributed by atoms with Crippen molar-refractivity contribution >= 4 is 54.7 Å². The second-order valence-corrected chi connectivity index (χ2v) is 14.1. The van der Waals surface area contributed by atoms with E-state index in [1.807, 2.05) is 11.0 Å². The summed E-state index contributed by atoms with van der Waals surface area (Å²) in [5.74, 6) is -0.891. The number of ether oxygens (including phenoxy) is 1. The molecule has 4 aliphatic heterocycles. The van der Waals surface area contributed by atoms with Gasteiger partial charge in [-0.25, -0.2) is 8.78 Å². The number of halogens is 5. The van der Waals surface area contributed by atoms with Crippen LogP contribution in [0.15, 0.2) is 29.9 Å². The molecule has 2 bridgehead atoms. The predicted molar refractivity (Wildman–Crippen MR) is 169 cm³/mol. The molecule has 4 aliphatic rings. The van der Waals surface area contributed by atoms with E-state index < -0.39 is 23.3 Å². The fraction of sp³-hybridized carbons (Fsp3) is 0.406. The minimum Gasteiger partial charge on any atom is -0.461 e. The number of hydrogen-bond acceptors (Lipinski definition) is 9. The smallest absolute Gasteiger partial charge is 0.319 e. The Hall–Kier alpha value is -3.70. The third-order valence-electron chi connectivity index (χ3n) is 9.96. The maximum Gasteiger partial charge on any atom is 0.319 e. The molecular weight excluding hydrogens is 642 g/mol. The SMILES string of the molecule is N#Cc1c(N)sc2c(F)ccc(-c3c(Cl)cc4c(N5CC6CCC(C5)N6)nc(OCC56CCCN5CC(=C(F)F)C6)nc4c3F)c12. The number of anilines is 2. The summed E-state index contributed by atoms with van der Waals surface area (Å²) in [7, 11) is 0. The zero-order valence-electron chi connectivity index (χ0n) is 24.5. The average molecular weight is 670 g/mol. The van der Waals surface area contributed by atoms with Crippen LogP contribution in [0.3, 0.4) is 0 Å². The van der Waals surface area contributed by atoms with Crippen molar-refractivity contribution in [1.29, 1.82) is 5.26 Å². The number of benzene rings is 2. The second-order valence-electron chi connectivity index (χ2n) is 12.6. The number of nitrogen functional groups attached to an aromatic ring is 1. The van der Waals surface area contributed by atoms with Crippen molar-refractivity contribution in [3.05, 3.63) is 52.1 Å².